The van der Waals surface area contributed by atoms with Crippen molar-refractivity contribution in [3.63, 3.8) is 0 Å². The maximum atomic E-state index is 6.61. The van der Waals surface area contributed by atoms with Crippen LogP contribution >= 0.6 is 55.1 Å². The minimum absolute atomic E-state index is 0.0927. The zero-order chi connectivity index (χ0) is 18.4. The second-order valence-electron chi connectivity index (χ2n) is 6.34. The van der Waals surface area contributed by atoms with Crippen molar-refractivity contribution in [2.24, 2.45) is 11.8 Å². The molecule has 0 N–H and O–H groups in total. The van der Waals surface area contributed by atoms with Crippen molar-refractivity contribution >= 4 is 55.1 Å². The summed E-state index contributed by atoms with van der Waals surface area (Å²) in [5.41, 5.74) is 2.25. The topological polar surface area (TPSA) is 9.23 Å². The molecule has 1 nitrogen and oxygen atoms in total. The molecule has 2 unspecified atom stereocenters. The highest BCUT2D eigenvalue weighted by atomic mass is 79.9. The Morgan fingerprint density at radius 1 is 0.720 bits per heavy atom. The minimum Gasteiger partial charge on any atom is -0.365 e. The molecule has 2 aromatic rings. The van der Waals surface area contributed by atoms with Gasteiger partial charge in [0.05, 0.1) is 12.2 Å². The molecule has 0 aliphatic rings. The number of hydrogen-bond acceptors (Lipinski definition) is 1. The lowest BCUT2D eigenvalue weighted by atomic mass is 9.95. The number of alkyl halides is 2. The largest absolute Gasteiger partial charge is 0.365 e. The maximum Gasteiger partial charge on any atom is 0.0870 e. The van der Waals surface area contributed by atoms with E-state index in [9.17, 15) is 0 Å². The van der Waals surface area contributed by atoms with E-state index in [1.54, 1.807) is 0 Å². The molecule has 0 heterocycles. The van der Waals surface area contributed by atoms with Gasteiger partial charge in [0, 0.05) is 32.5 Å². The van der Waals surface area contributed by atoms with Crippen LogP contribution in [0.2, 0.25) is 0 Å². The van der Waals surface area contributed by atoms with Crippen LogP contribution in [0.5, 0.6) is 0 Å². The zero-order valence-corrected chi connectivity index (χ0v) is 18.9. The lowest BCUT2D eigenvalue weighted by molar-refractivity contribution is -0.0597. The molecule has 2 rings (SSSR count). The van der Waals surface area contributed by atoms with Crippen LogP contribution in [0.1, 0.15) is 37.2 Å². The first-order valence-electron chi connectivity index (χ1n) is 8.24. The molecule has 4 atom stereocenters. The molecule has 0 bridgehead atoms. The predicted molar refractivity (Wildman–Crippen MR) is 115 cm³/mol. The molecule has 25 heavy (non-hydrogen) atoms. The fraction of sp³-hybridized carbons (Fsp3) is 0.400. The SMILES string of the molecule is C[C@H](CCl)C(OC(c1ccc(Br)cc1)[C@H](C)CCl)c1ccc(Br)cc1. The third-order valence-electron chi connectivity index (χ3n) is 4.21. The molecule has 0 spiro atoms. The van der Waals surface area contributed by atoms with E-state index >= 15 is 0 Å². The summed E-state index contributed by atoms with van der Waals surface area (Å²) in [6.07, 6.45) is -0.185. The molecule has 0 aliphatic heterocycles. The van der Waals surface area contributed by atoms with Crippen molar-refractivity contribution in [1.82, 2.24) is 0 Å². The Kier molecular flexibility index (Phi) is 8.77. The highest BCUT2D eigenvalue weighted by Gasteiger charge is 2.28. The lowest BCUT2D eigenvalue weighted by Gasteiger charge is -2.32. The van der Waals surface area contributed by atoms with Crippen molar-refractivity contribution in [3.05, 3.63) is 68.6 Å². The first-order chi connectivity index (χ1) is 12.0. The van der Waals surface area contributed by atoms with Crippen molar-refractivity contribution in [3.8, 4) is 0 Å². The van der Waals surface area contributed by atoms with Crippen LogP contribution in [0, 0.1) is 11.8 Å². The van der Waals surface area contributed by atoms with Gasteiger partial charge in [-0.25, -0.2) is 0 Å². The van der Waals surface area contributed by atoms with E-state index in [1.807, 2.05) is 24.3 Å². The Bertz CT molecular complexity index is 588. The van der Waals surface area contributed by atoms with Gasteiger partial charge in [-0.2, -0.15) is 0 Å². The van der Waals surface area contributed by atoms with Crippen LogP contribution in [0.15, 0.2) is 57.5 Å². The summed E-state index contributed by atoms with van der Waals surface area (Å²) < 4.78 is 8.70. The van der Waals surface area contributed by atoms with E-state index in [0.717, 1.165) is 20.1 Å². The minimum atomic E-state index is -0.0927. The van der Waals surface area contributed by atoms with Crippen molar-refractivity contribution in [2.75, 3.05) is 11.8 Å². The molecule has 0 amide bonds. The van der Waals surface area contributed by atoms with Gasteiger partial charge in [0.1, 0.15) is 0 Å². The van der Waals surface area contributed by atoms with Crippen LogP contribution in [0.3, 0.4) is 0 Å². The van der Waals surface area contributed by atoms with Gasteiger partial charge in [0.15, 0.2) is 0 Å². The third kappa shape index (κ3) is 5.97. The second kappa shape index (κ2) is 10.3. The fourth-order valence-electron chi connectivity index (χ4n) is 2.71. The zero-order valence-electron chi connectivity index (χ0n) is 14.3. The summed E-state index contributed by atoms with van der Waals surface area (Å²) in [4.78, 5) is 0. The van der Waals surface area contributed by atoms with E-state index < -0.39 is 0 Å². The molecule has 0 fully saturated rings. The van der Waals surface area contributed by atoms with E-state index in [2.05, 4.69) is 70.0 Å². The molecule has 0 radical (unpaired) electrons. The average molecular weight is 509 g/mol. The summed E-state index contributed by atoms with van der Waals surface area (Å²) >= 11 is 19.3. The molecule has 136 valence electrons. The molecular weight excluding hydrogens is 487 g/mol. The normalized spacial score (nSPS) is 16.2. The second-order valence-corrected chi connectivity index (χ2v) is 8.79. The number of halogens is 4. The van der Waals surface area contributed by atoms with Crippen molar-refractivity contribution in [2.45, 2.75) is 26.1 Å². The number of hydrogen-bond donors (Lipinski definition) is 0. The Hall–Kier alpha value is -0.0600. The summed E-state index contributed by atoms with van der Waals surface area (Å²) in [6, 6.07) is 16.5. The molecule has 0 saturated carbocycles. The van der Waals surface area contributed by atoms with Crippen LogP contribution in [-0.4, -0.2) is 11.8 Å². The van der Waals surface area contributed by atoms with Crippen LogP contribution in [0.4, 0.5) is 0 Å². The summed E-state index contributed by atoms with van der Waals surface area (Å²) in [5, 5.41) is 0. The van der Waals surface area contributed by atoms with E-state index in [-0.39, 0.29) is 24.0 Å². The predicted octanol–water partition coefficient (Wildman–Crippen LogP) is 7.76. The summed E-state index contributed by atoms with van der Waals surface area (Å²) in [6.45, 7) is 4.23. The van der Waals surface area contributed by atoms with Gasteiger partial charge in [0.2, 0.25) is 0 Å². The van der Waals surface area contributed by atoms with Crippen LogP contribution in [0.25, 0.3) is 0 Å². The Labute approximate surface area is 177 Å². The summed E-state index contributed by atoms with van der Waals surface area (Å²) in [5.74, 6) is 1.43. The lowest BCUT2D eigenvalue weighted by Crippen LogP contribution is -2.22. The maximum absolute atomic E-state index is 6.61. The van der Waals surface area contributed by atoms with Gasteiger partial charge < -0.3 is 4.74 Å². The number of ether oxygens (including phenoxy) is 1. The first kappa shape index (κ1) is 21.2. The van der Waals surface area contributed by atoms with Gasteiger partial charge in [-0.1, -0.05) is 70.0 Å². The fourth-order valence-corrected chi connectivity index (χ4v) is 3.56. The third-order valence-corrected chi connectivity index (χ3v) is 6.24. The van der Waals surface area contributed by atoms with Crippen molar-refractivity contribution < 1.29 is 4.74 Å². The Morgan fingerprint density at radius 2 is 1.04 bits per heavy atom. The monoisotopic (exact) mass is 506 g/mol. The molecule has 5 heteroatoms. The number of rotatable bonds is 8. The van der Waals surface area contributed by atoms with E-state index in [0.29, 0.717) is 11.8 Å². The molecule has 0 aromatic heterocycles. The Morgan fingerprint density at radius 3 is 1.32 bits per heavy atom. The summed E-state index contributed by atoms with van der Waals surface area (Å²) in [7, 11) is 0. The van der Waals surface area contributed by atoms with Gasteiger partial charge in [-0.05, 0) is 35.4 Å². The van der Waals surface area contributed by atoms with Gasteiger partial charge in [0.25, 0.3) is 0 Å². The highest BCUT2D eigenvalue weighted by Crippen LogP contribution is 2.37. The highest BCUT2D eigenvalue weighted by molar-refractivity contribution is 9.10. The molecule has 0 aliphatic carbocycles. The van der Waals surface area contributed by atoms with Gasteiger partial charge in [-0.15, -0.1) is 23.2 Å². The standard InChI is InChI=1S/C20H22Br2Cl2O/c1-13(11-23)19(15-3-7-17(21)8-4-15)25-20(14(2)12-24)16-5-9-18(22)10-6-16/h3-10,13-14,19-20H,11-12H2,1-2H3/t13-,14-,19?,20?/m1/s1. The molecule has 0 saturated heterocycles. The van der Waals surface area contributed by atoms with E-state index in [4.69, 9.17) is 27.9 Å². The first-order valence-corrected chi connectivity index (χ1v) is 10.9. The average Bonchev–Trinajstić information content (AvgIpc) is 2.63. The Balaban J connectivity index is 2.34. The molecular formula is C20H22Br2Cl2O. The van der Waals surface area contributed by atoms with Gasteiger partial charge >= 0.3 is 0 Å². The van der Waals surface area contributed by atoms with E-state index in [1.165, 1.54) is 0 Å². The van der Waals surface area contributed by atoms with Gasteiger partial charge in [-0.3, -0.25) is 0 Å². The van der Waals surface area contributed by atoms with Crippen LogP contribution < -0.4 is 0 Å². The molecule has 2 aromatic carbocycles. The number of benzene rings is 2. The van der Waals surface area contributed by atoms with Crippen molar-refractivity contribution in [1.29, 1.82) is 0 Å². The quantitative estimate of drug-likeness (QED) is 0.331. The van der Waals surface area contributed by atoms with Crippen LogP contribution in [-0.2, 0) is 4.74 Å². The smallest absolute Gasteiger partial charge is 0.0870 e.